The molecule has 0 saturated heterocycles. The normalized spacial score (nSPS) is 11.3. The highest BCUT2D eigenvalue weighted by atomic mass is 32.2. The summed E-state index contributed by atoms with van der Waals surface area (Å²) < 4.78 is 33.3. The molecule has 0 spiro atoms. The van der Waals surface area contributed by atoms with Crippen molar-refractivity contribution >= 4 is 109 Å². The molecule has 148 heavy (non-hydrogen) atoms. The van der Waals surface area contributed by atoms with E-state index in [0.29, 0.717) is 83.1 Å². The van der Waals surface area contributed by atoms with Crippen LogP contribution in [-0.4, -0.2) is 63.7 Å². The van der Waals surface area contributed by atoms with Gasteiger partial charge in [-0.1, -0.05) is 320 Å². The van der Waals surface area contributed by atoms with Crippen molar-refractivity contribution < 1.29 is 51.5 Å². The van der Waals surface area contributed by atoms with E-state index in [1.807, 2.05) is 337 Å². The number of nitrogens with one attached hydrogen (secondary N) is 14. The van der Waals surface area contributed by atoms with Crippen molar-refractivity contribution in [1.29, 1.82) is 0 Å². The monoisotopic (exact) mass is 2010 g/mol. The number of carbonyl (C=O) groups is 7. The molecular weight excluding hydrogens is 1870 g/mol. The molecule has 774 valence electrons. The molecule has 15 rings (SSSR count). The van der Waals surface area contributed by atoms with Crippen LogP contribution in [0.15, 0.2) is 357 Å². The van der Waals surface area contributed by atoms with Gasteiger partial charge >= 0.3 is 42.2 Å². The minimum atomic E-state index is -3.24. The molecule has 26 heteroatoms. The van der Waals surface area contributed by atoms with E-state index in [2.05, 4.69) is 171 Å². The van der Waals surface area contributed by atoms with Gasteiger partial charge in [-0.3, -0.25) is 0 Å². The molecular formula is C122H144N14O11S. The number of rotatable bonds is 26. The third-order valence-electron chi connectivity index (χ3n) is 23.5. The Labute approximate surface area is 874 Å². The summed E-state index contributed by atoms with van der Waals surface area (Å²) in [6, 6.07) is 110. The highest BCUT2D eigenvalue weighted by molar-refractivity contribution is 7.90. The molecule has 14 amide bonds. The Hall–Kier alpha value is -16.5. The number of sulfone groups is 1. The van der Waals surface area contributed by atoms with Crippen LogP contribution in [0.5, 0.6) is 11.5 Å². The van der Waals surface area contributed by atoms with Gasteiger partial charge in [-0.25, -0.2) is 42.0 Å². The third kappa shape index (κ3) is 41.7. The smallest absolute Gasteiger partial charge is 0.323 e. The molecule has 1 heterocycles. The number of fused-ring (bicyclic) bond motifs is 1. The molecule has 0 aromatic heterocycles. The fourth-order valence-corrected chi connectivity index (χ4v) is 15.0. The van der Waals surface area contributed by atoms with Crippen LogP contribution in [0.2, 0.25) is 0 Å². The van der Waals surface area contributed by atoms with E-state index >= 15 is 0 Å². The number of urea groups is 7. The van der Waals surface area contributed by atoms with E-state index in [-0.39, 0.29) is 66.0 Å². The number of anilines is 10. The Kier molecular flexibility index (Phi) is 45.9. The topological polar surface area (TPSA) is 341 Å². The van der Waals surface area contributed by atoms with E-state index in [1.165, 1.54) is 62.2 Å². The quantitative estimate of drug-likeness (QED) is 0.0242. The first kappa shape index (κ1) is 115. The summed E-state index contributed by atoms with van der Waals surface area (Å²) in [5.74, 6) is 4.70. The first-order chi connectivity index (χ1) is 70.7. The zero-order valence-corrected chi connectivity index (χ0v) is 89.0. The van der Waals surface area contributed by atoms with Crippen LogP contribution in [0.3, 0.4) is 0 Å². The van der Waals surface area contributed by atoms with Crippen molar-refractivity contribution in [2.75, 3.05) is 66.2 Å². The molecule has 0 fully saturated rings. The van der Waals surface area contributed by atoms with Gasteiger partial charge in [-0.2, -0.15) is 0 Å². The zero-order valence-electron chi connectivity index (χ0n) is 88.2. The van der Waals surface area contributed by atoms with Gasteiger partial charge in [0.2, 0.25) is 6.79 Å². The van der Waals surface area contributed by atoms with Crippen LogP contribution in [0.4, 0.5) is 90.4 Å². The highest BCUT2D eigenvalue weighted by Gasteiger charge is 2.18. The second-order valence-electron chi connectivity index (χ2n) is 38.0. The van der Waals surface area contributed by atoms with Gasteiger partial charge in [0.25, 0.3) is 0 Å². The number of benzene rings is 14. The number of carbonyl (C=O) groups excluding carboxylic acids is 7. The summed E-state index contributed by atoms with van der Waals surface area (Å²) >= 11 is 0. The number of aryl methyl sites for hydroxylation is 2. The number of ether oxygens (including phenoxy) is 2. The lowest BCUT2D eigenvalue weighted by molar-refractivity contribution is 0.174. The Morgan fingerprint density at radius 1 is 0.236 bits per heavy atom. The van der Waals surface area contributed by atoms with Gasteiger partial charge < -0.3 is 83.9 Å². The Morgan fingerprint density at radius 3 is 0.723 bits per heavy atom. The van der Waals surface area contributed by atoms with Gasteiger partial charge in [0.05, 0.1) is 17.0 Å². The molecule has 1 aliphatic heterocycles. The number of amides is 14. The van der Waals surface area contributed by atoms with Crippen LogP contribution in [0.25, 0.3) is 0 Å². The SMILES string of the molecule is CC(C)c1ccc(NC(=O)NCc2ccccc2)cc1.CC(C)c1ccc(NC(=O)N[C@@H](C)c2ccccc2)cc1.CC(C)c1ccc(NC(=O)N[C@H](C)c2ccccc2)cc1.CC(C)c1ccc(NC(=O)Nc2ccc(S(C)(=O)=O)cc2)cc1.CC(C)c1ccc(NC(=O)Nc2ccc3c(c2)OCO3)cc1.Cc1ccc(CNC(=O)Nc2ccc(C(C)C)cc2)cc1.Cc1ccc(NC(=O)Nc2ccc(C(C)C)cc2)cc1. The van der Waals surface area contributed by atoms with Crippen molar-refractivity contribution in [3.63, 3.8) is 0 Å². The molecule has 1 aliphatic rings. The van der Waals surface area contributed by atoms with Crippen LogP contribution >= 0.6 is 0 Å². The summed E-state index contributed by atoms with van der Waals surface area (Å²) in [6.45, 7) is 39.2. The fourth-order valence-electron chi connectivity index (χ4n) is 14.3. The molecule has 2 atom stereocenters. The summed E-state index contributed by atoms with van der Waals surface area (Å²) in [5.41, 5.74) is 22.9. The number of hydrogen-bond acceptors (Lipinski definition) is 11. The third-order valence-corrected chi connectivity index (χ3v) is 24.6. The van der Waals surface area contributed by atoms with Gasteiger partial charge in [0.15, 0.2) is 21.3 Å². The molecule has 25 nitrogen and oxygen atoms in total. The first-order valence-electron chi connectivity index (χ1n) is 49.9. The average molecular weight is 2010 g/mol. The lowest BCUT2D eigenvalue weighted by Gasteiger charge is -2.15. The van der Waals surface area contributed by atoms with Crippen molar-refractivity contribution in [2.24, 2.45) is 0 Å². The van der Waals surface area contributed by atoms with E-state index in [1.54, 1.807) is 30.3 Å². The van der Waals surface area contributed by atoms with Crippen molar-refractivity contribution in [2.45, 2.75) is 196 Å². The summed E-state index contributed by atoms with van der Waals surface area (Å²) in [7, 11) is -3.24. The second-order valence-corrected chi connectivity index (χ2v) is 40.0. The van der Waals surface area contributed by atoms with E-state index in [4.69, 9.17) is 9.47 Å². The predicted octanol–water partition coefficient (Wildman–Crippen LogP) is 30.8. The zero-order chi connectivity index (χ0) is 107. The Balaban J connectivity index is 0.000000192. The predicted molar refractivity (Wildman–Crippen MR) is 608 cm³/mol. The van der Waals surface area contributed by atoms with E-state index in [9.17, 15) is 42.0 Å². The standard InChI is InChI=1S/3C18H22N2O.C17H20N2O3S.C17H18N2O3.2C17H20N2O/c1-13(2)16-8-10-17(11-9-16)20-18(21)19-12-15-6-4-14(3)5-7-15;2*1-13(2)15-9-11-17(12-10-15)20-18(21)19-14(3)16-7-5-4-6-8-16;1-12(2)13-4-6-14(7-5-13)18-17(20)19-15-8-10-16(11-9-15)23(3,21)22;1-11(2)12-3-5-13(6-4-12)18-17(20)19-14-7-8-15-16(9-14)22-10-21-15;1-12(2)14-6-10-16(11-7-14)19-17(20)18-15-8-4-13(3)5-9-15;1-13(2)15-8-10-16(11-9-15)19-17(20)18-12-14-6-4-3-5-7-14/h4-11,13H,12H2,1-3H3,(H2,19,20,21);2*4-14H,1-3H3,(H2,19,20,21);4-12H,1-3H3,(H2,18,19,20);3-9,11H,10H2,1-2H3,(H2,18,19,20);4-12H,1-3H3,(H2,18,19,20);3-11,13H,12H2,1-2H3,(H2,18,19,20)/t;2*14-;;;;/m.10..../s1. The molecule has 0 bridgehead atoms. The molecule has 0 saturated carbocycles. The maximum Gasteiger partial charge on any atom is 0.323 e. The van der Waals surface area contributed by atoms with Gasteiger partial charge in [0, 0.05) is 82.3 Å². The molecule has 0 radical (unpaired) electrons. The van der Waals surface area contributed by atoms with Crippen LogP contribution in [0, 0.1) is 13.8 Å². The Morgan fingerprint density at radius 2 is 0.453 bits per heavy atom. The maximum atomic E-state index is 12.0. The lowest BCUT2D eigenvalue weighted by atomic mass is 10.0. The molecule has 14 aromatic carbocycles. The second kappa shape index (κ2) is 59.1. The molecule has 14 aromatic rings. The minimum Gasteiger partial charge on any atom is -0.454 e. The fraction of sp³-hybridized carbons (Fsp3) is 0.254. The van der Waals surface area contributed by atoms with E-state index < -0.39 is 9.84 Å². The molecule has 0 unspecified atom stereocenters. The molecule has 0 aliphatic carbocycles. The van der Waals surface area contributed by atoms with Gasteiger partial charge in [-0.15, -0.1) is 0 Å². The highest BCUT2D eigenvalue weighted by Crippen LogP contribution is 2.35. The number of hydrogen-bond donors (Lipinski definition) is 14. The summed E-state index contributed by atoms with van der Waals surface area (Å²) in [5, 5.41) is 39.5. The van der Waals surface area contributed by atoms with Gasteiger partial charge in [-0.05, 0) is 264 Å². The summed E-state index contributed by atoms with van der Waals surface area (Å²) in [6.07, 6.45) is 1.14. The van der Waals surface area contributed by atoms with Crippen LogP contribution in [0.1, 0.15) is 237 Å². The Bertz CT molecular complexity index is 6460. The first-order valence-corrected chi connectivity index (χ1v) is 51.8. The molecule has 14 N–H and O–H groups in total. The van der Waals surface area contributed by atoms with Crippen molar-refractivity contribution in [3.05, 3.63) is 424 Å². The summed E-state index contributed by atoms with van der Waals surface area (Å²) in [4.78, 5) is 83.6. The lowest BCUT2D eigenvalue weighted by Crippen LogP contribution is -2.31. The van der Waals surface area contributed by atoms with Crippen LogP contribution < -0.4 is 83.9 Å². The van der Waals surface area contributed by atoms with E-state index in [0.717, 1.165) is 68.3 Å². The minimum absolute atomic E-state index is 0.0267. The van der Waals surface area contributed by atoms with Crippen LogP contribution in [-0.2, 0) is 22.9 Å². The van der Waals surface area contributed by atoms with Gasteiger partial charge in [0.1, 0.15) is 0 Å². The maximum absolute atomic E-state index is 12.0. The van der Waals surface area contributed by atoms with Crippen molar-refractivity contribution in [3.8, 4) is 11.5 Å². The average Bonchev–Trinajstić information content (AvgIpc) is 1.62. The van der Waals surface area contributed by atoms with Crippen molar-refractivity contribution in [1.82, 2.24) is 21.3 Å². The largest absolute Gasteiger partial charge is 0.454 e.